The van der Waals surface area contributed by atoms with Crippen LogP contribution in [0, 0.1) is 17.3 Å². The summed E-state index contributed by atoms with van der Waals surface area (Å²) >= 11 is 0. The molecule has 17 heavy (non-hydrogen) atoms. The molecule has 0 fully saturated rings. The lowest BCUT2D eigenvalue weighted by Crippen LogP contribution is -2.35. The molecule has 1 atom stereocenters. The Morgan fingerprint density at radius 2 is 1.41 bits per heavy atom. The molecule has 0 heterocycles. The predicted molar refractivity (Wildman–Crippen MR) is 65.1 cm³/mol. The molecule has 0 spiro atoms. The highest BCUT2D eigenvalue weighted by Gasteiger charge is 2.30. The zero-order valence-corrected chi connectivity index (χ0v) is 11.9. The largest absolute Gasteiger partial charge is 0.425 e. The highest BCUT2D eigenvalue weighted by molar-refractivity contribution is 5.76. The Hall–Kier alpha value is -1.06. The van der Waals surface area contributed by atoms with Crippen molar-refractivity contribution in [1.82, 2.24) is 0 Å². The quantitative estimate of drug-likeness (QED) is 0.563. The number of ether oxygens (including phenoxy) is 2. The fourth-order valence-electron chi connectivity index (χ4n) is 0.829. The van der Waals surface area contributed by atoms with Gasteiger partial charge in [0.25, 0.3) is 0 Å². The van der Waals surface area contributed by atoms with E-state index in [1.165, 1.54) is 0 Å². The normalized spacial score (nSPS) is 13.7. The predicted octanol–water partition coefficient (Wildman–Crippen LogP) is 2.76. The molecule has 1 unspecified atom stereocenters. The Labute approximate surface area is 104 Å². The molecular formula is C13H24O4. The maximum Gasteiger partial charge on any atom is 0.314 e. The third-order valence-corrected chi connectivity index (χ3v) is 2.08. The van der Waals surface area contributed by atoms with Crippen LogP contribution in [0.3, 0.4) is 0 Å². The minimum absolute atomic E-state index is 0.0657. The Bertz CT molecular complexity index is 274. The maximum absolute atomic E-state index is 11.7. The van der Waals surface area contributed by atoms with Gasteiger partial charge in [-0.25, -0.2) is 0 Å². The van der Waals surface area contributed by atoms with E-state index in [4.69, 9.17) is 9.47 Å². The third kappa shape index (κ3) is 5.71. The molecule has 0 aromatic rings. The van der Waals surface area contributed by atoms with Gasteiger partial charge in [0.1, 0.15) is 0 Å². The molecule has 100 valence electrons. The van der Waals surface area contributed by atoms with E-state index in [9.17, 15) is 9.59 Å². The van der Waals surface area contributed by atoms with Crippen LogP contribution in [-0.2, 0) is 19.1 Å². The molecule has 0 radical (unpaired) electrons. The van der Waals surface area contributed by atoms with E-state index in [1.807, 2.05) is 13.8 Å². The molecule has 0 N–H and O–H groups in total. The zero-order chi connectivity index (χ0) is 13.8. The third-order valence-electron chi connectivity index (χ3n) is 2.08. The first-order valence-corrected chi connectivity index (χ1v) is 5.97. The number of esters is 2. The van der Waals surface area contributed by atoms with E-state index in [1.54, 1.807) is 34.6 Å². The first kappa shape index (κ1) is 15.9. The van der Waals surface area contributed by atoms with E-state index in [0.717, 1.165) is 0 Å². The molecule has 0 amide bonds. The van der Waals surface area contributed by atoms with Gasteiger partial charge in [-0.2, -0.15) is 0 Å². The van der Waals surface area contributed by atoms with Crippen LogP contribution in [0.5, 0.6) is 0 Å². The van der Waals surface area contributed by atoms with Crippen molar-refractivity contribution in [2.24, 2.45) is 17.3 Å². The van der Waals surface area contributed by atoms with Crippen LogP contribution in [0.25, 0.3) is 0 Å². The summed E-state index contributed by atoms with van der Waals surface area (Å²) in [4.78, 5) is 23.2. The van der Waals surface area contributed by atoms with Crippen LogP contribution >= 0.6 is 0 Å². The van der Waals surface area contributed by atoms with Gasteiger partial charge in [0, 0.05) is 5.92 Å². The van der Waals surface area contributed by atoms with Crippen LogP contribution in [0.15, 0.2) is 0 Å². The highest BCUT2D eigenvalue weighted by Crippen LogP contribution is 2.20. The van der Waals surface area contributed by atoms with Gasteiger partial charge in [-0.05, 0) is 20.8 Å². The summed E-state index contributed by atoms with van der Waals surface area (Å²) < 4.78 is 10.4. The van der Waals surface area contributed by atoms with Gasteiger partial charge in [0.05, 0.1) is 11.3 Å². The van der Waals surface area contributed by atoms with Gasteiger partial charge in [-0.3, -0.25) is 9.59 Å². The van der Waals surface area contributed by atoms with Crippen molar-refractivity contribution in [3.8, 4) is 0 Å². The number of carbonyl (C=O) groups excluding carboxylic acids is 2. The zero-order valence-electron chi connectivity index (χ0n) is 11.9. The molecule has 0 aromatic carbocycles. The fraction of sp³-hybridized carbons (Fsp3) is 0.846. The summed E-state index contributed by atoms with van der Waals surface area (Å²) in [6, 6.07) is 0. The lowest BCUT2D eigenvalue weighted by atomic mass is 9.97. The SMILES string of the molecule is CC(C)C(=O)OC(OC(=O)C(C)(C)C)C(C)C. The Morgan fingerprint density at radius 1 is 0.941 bits per heavy atom. The minimum Gasteiger partial charge on any atom is -0.425 e. The van der Waals surface area contributed by atoms with Gasteiger partial charge >= 0.3 is 11.9 Å². The molecule has 0 aromatic heterocycles. The van der Waals surface area contributed by atoms with E-state index < -0.39 is 11.7 Å². The van der Waals surface area contributed by atoms with Crippen LogP contribution in [0.2, 0.25) is 0 Å². The second kappa shape index (κ2) is 6.03. The second-order valence-corrected chi connectivity index (χ2v) is 5.86. The first-order chi connectivity index (χ1) is 7.55. The molecule has 4 heteroatoms. The lowest BCUT2D eigenvalue weighted by Gasteiger charge is -2.26. The van der Waals surface area contributed by atoms with Gasteiger partial charge in [-0.1, -0.05) is 27.7 Å². The van der Waals surface area contributed by atoms with Crippen molar-refractivity contribution in [2.75, 3.05) is 0 Å². The van der Waals surface area contributed by atoms with Crippen molar-refractivity contribution in [3.05, 3.63) is 0 Å². The maximum atomic E-state index is 11.7. The number of hydrogen-bond donors (Lipinski definition) is 0. The number of hydrogen-bond acceptors (Lipinski definition) is 4. The number of rotatable bonds is 4. The summed E-state index contributed by atoms with van der Waals surface area (Å²) in [6.45, 7) is 12.4. The highest BCUT2D eigenvalue weighted by atomic mass is 16.7. The van der Waals surface area contributed by atoms with Crippen LogP contribution in [0.4, 0.5) is 0 Å². The molecule has 0 aliphatic rings. The average molecular weight is 244 g/mol. The summed E-state index contributed by atoms with van der Waals surface area (Å²) in [5, 5.41) is 0. The molecule has 0 aliphatic heterocycles. The fourth-order valence-corrected chi connectivity index (χ4v) is 0.829. The average Bonchev–Trinajstić information content (AvgIpc) is 2.14. The molecule has 0 saturated carbocycles. The van der Waals surface area contributed by atoms with Crippen molar-refractivity contribution in [3.63, 3.8) is 0 Å². The van der Waals surface area contributed by atoms with Crippen molar-refractivity contribution >= 4 is 11.9 Å². The molecule has 4 nitrogen and oxygen atoms in total. The topological polar surface area (TPSA) is 52.6 Å². The van der Waals surface area contributed by atoms with Crippen molar-refractivity contribution in [1.29, 1.82) is 0 Å². The van der Waals surface area contributed by atoms with E-state index in [-0.39, 0.29) is 23.8 Å². The van der Waals surface area contributed by atoms with Gasteiger partial charge in [0.15, 0.2) is 0 Å². The van der Waals surface area contributed by atoms with Gasteiger partial charge in [0.2, 0.25) is 6.29 Å². The van der Waals surface area contributed by atoms with Crippen LogP contribution < -0.4 is 0 Å². The van der Waals surface area contributed by atoms with Crippen LogP contribution in [-0.4, -0.2) is 18.2 Å². The molecule has 0 rings (SSSR count). The molecular weight excluding hydrogens is 220 g/mol. The lowest BCUT2D eigenvalue weighted by molar-refractivity contribution is -0.203. The number of carbonyl (C=O) groups is 2. The smallest absolute Gasteiger partial charge is 0.314 e. The molecule has 0 saturated heterocycles. The van der Waals surface area contributed by atoms with E-state index >= 15 is 0 Å². The van der Waals surface area contributed by atoms with Gasteiger partial charge in [-0.15, -0.1) is 0 Å². The first-order valence-electron chi connectivity index (χ1n) is 5.97. The second-order valence-electron chi connectivity index (χ2n) is 5.86. The van der Waals surface area contributed by atoms with E-state index in [0.29, 0.717) is 0 Å². The van der Waals surface area contributed by atoms with E-state index in [2.05, 4.69) is 0 Å². The Kier molecular flexibility index (Phi) is 5.66. The van der Waals surface area contributed by atoms with Crippen molar-refractivity contribution < 1.29 is 19.1 Å². The molecule has 0 bridgehead atoms. The monoisotopic (exact) mass is 244 g/mol. The van der Waals surface area contributed by atoms with Crippen molar-refractivity contribution in [2.45, 2.75) is 54.8 Å². The van der Waals surface area contributed by atoms with Crippen LogP contribution in [0.1, 0.15) is 48.5 Å². The molecule has 0 aliphatic carbocycles. The summed E-state index contributed by atoms with van der Waals surface area (Å²) in [6.07, 6.45) is -0.809. The summed E-state index contributed by atoms with van der Waals surface area (Å²) in [5.74, 6) is -1.02. The van der Waals surface area contributed by atoms with Gasteiger partial charge < -0.3 is 9.47 Å². The Morgan fingerprint density at radius 3 is 1.71 bits per heavy atom. The minimum atomic E-state index is -0.809. The Balaban J connectivity index is 4.57. The standard InChI is InChI=1S/C13H24O4/c1-8(2)10(14)16-11(9(3)4)17-12(15)13(5,6)7/h8-9,11H,1-7H3. The summed E-state index contributed by atoms with van der Waals surface area (Å²) in [5.41, 5.74) is -0.600. The summed E-state index contributed by atoms with van der Waals surface area (Å²) in [7, 11) is 0.